The van der Waals surface area contributed by atoms with Gasteiger partial charge in [-0.25, -0.2) is 9.97 Å². The first kappa shape index (κ1) is 13.3. The molecule has 1 aliphatic heterocycles. The normalized spacial score (nSPS) is 17.3. The molecule has 1 fully saturated rings. The third-order valence-corrected chi connectivity index (χ3v) is 4.42. The predicted molar refractivity (Wildman–Crippen MR) is 83.4 cm³/mol. The van der Waals surface area contributed by atoms with Gasteiger partial charge in [0.2, 0.25) is 0 Å². The van der Waals surface area contributed by atoms with Crippen molar-refractivity contribution in [3.63, 3.8) is 0 Å². The minimum atomic E-state index is 0.0494. The van der Waals surface area contributed by atoms with Crippen molar-refractivity contribution < 1.29 is 0 Å². The van der Waals surface area contributed by atoms with Crippen LogP contribution in [0.4, 0.5) is 10.9 Å². The smallest absolute Gasteiger partial charge is 0.185 e. The number of anilines is 2. The number of hydrogen-bond donors (Lipinski definition) is 1. The zero-order valence-electron chi connectivity index (χ0n) is 11.6. The van der Waals surface area contributed by atoms with Crippen molar-refractivity contribution in [1.29, 1.82) is 0 Å². The van der Waals surface area contributed by atoms with Crippen LogP contribution in [0, 0.1) is 0 Å². The van der Waals surface area contributed by atoms with Crippen LogP contribution in [0.5, 0.6) is 0 Å². The summed E-state index contributed by atoms with van der Waals surface area (Å²) in [6.45, 7) is 5.90. The molecular formula is C14H19N5S. The van der Waals surface area contributed by atoms with Gasteiger partial charge in [-0.15, -0.1) is 11.3 Å². The number of hydrogen-bond acceptors (Lipinski definition) is 6. The molecule has 0 radical (unpaired) electrons. The van der Waals surface area contributed by atoms with Gasteiger partial charge in [-0.2, -0.15) is 0 Å². The van der Waals surface area contributed by atoms with Crippen LogP contribution in [0.3, 0.4) is 0 Å². The van der Waals surface area contributed by atoms with Gasteiger partial charge in [-0.3, -0.25) is 0 Å². The van der Waals surface area contributed by atoms with Crippen LogP contribution >= 0.6 is 11.3 Å². The molecule has 0 saturated carbocycles. The molecule has 5 nitrogen and oxygen atoms in total. The summed E-state index contributed by atoms with van der Waals surface area (Å²) in [5.74, 6) is 1.03. The quantitative estimate of drug-likeness (QED) is 0.935. The number of pyridine rings is 1. The maximum atomic E-state index is 5.94. The van der Waals surface area contributed by atoms with E-state index >= 15 is 0 Å². The van der Waals surface area contributed by atoms with Crippen LogP contribution in [0.2, 0.25) is 0 Å². The lowest BCUT2D eigenvalue weighted by molar-refractivity contribution is 0.645. The highest BCUT2D eigenvalue weighted by molar-refractivity contribution is 7.13. The first-order chi connectivity index (χ1) is 9.74. The summed E-state index contributed by atoms with van der Waals surface area (Å²) in [5.41, 5.74) is 7.07. The highest BCUT2D eigenvalue weighted by Crippen LogP contribution is 2.22. The van der Waals surface area contributed by atoms with Crippen LogP contribution in [0.1, 0.15) is 18.5 Å². The second-order valence-corrected chi connectivity index (χ2v) is 5.90. The molecule has 0 unspecified atom stereocenters. The highest BCUT2D eigenvalue weighted by atomic mass is 32.1. The van der Waals surface area contributed by atoms with E-state index in [1.165, 1.54) is 0 Å². The zero-order chi connectivity index (χ0) is 13.9. The van der Waals surface area contributed by atoms with Crippen LogP contribution in [0.25, 0.3) is 0 Å². The fourth-order valence-corrected chi connectivity index (χ4v) is 3.09. The third-order valence-electron chi connectivity index (χ3n) is 3.59. The van der Waals surface area contributed by atoms with E-state index in [0.717, 1.165) is 42.7 Å². The Morgan fingerprint density at radius 1 is 1.15 bits per heavy atom. The lowest BCUT2D eigenvalue weighted by Crippen LogP contribution is -2.46. The van der Waals surface area contributed by atoms with Gasteiger partial charge in [0.15, 0.2) is 5.13 Å². The number of thiazole rings is 1. The zero-order valence-corrected chi connectivity index (χ0v) is 12.4. The Hall–Kier alpha value is -1.66. The van der Waals surface area contributed by atoms with Gasteiger partial charge in [-0.1, -0.05) is 0 Å². The molecule has 106 valence electrons. The fraction of sp³-hybridized carbons (Fsp3) is 0.429. The van der Waals surface area contributed by atoms with Crippen LogP contribution in [-0.4, -0.2) is 36.1 Å². The molecule has 2 aromatic heterocycles. The molecule has 1 saturated heterocycles. The number of rotatable bonds is 3. The maximum absolute atomic E-state index is 5.94. The summed E-state index contributed by atoms with van der Waals surface area (Å²) < 4.78 is 0. The molecule has 3 rings (SSSR count). The van der Waals surface area contributed by atoms with E-state index in [9.17, 15) is 0 Å². The average Bonchev–Trinajstić information content (AvgIpc) is 3.02. The summed E-state index contributed by atoms with van der Waals surface area (Å²) in [6.07, 6.45) is 3.71. The summed E-state index contributed by atoms with van der Waals surface area (Å²) in [5, 5.41) is 3.14. The van der Waals surface area contributed by atoms with Crippen molar-refractivity contribution in [2.45, 2.75) is 13.0 Å². The Labute approximate surface area is 123 Å². The van der Waals surface area contributed by atoms with Crippen molar-refractivity contribution in [1.82, 2.24) is 9.97 Å². The van der Waals surface area contributed by atoms with Gasteiger partial charge >= 0.3 is 0 Å². The molecule has 20 heavy (non-hydrogen) atoms. The highest BCUT2D eigenvalue weighted by Gasteiger charge is 2.19. The maximum Gasteiger partial charge on any atom is 0.185 e. The SMILES string of the molecule is C[C@@H](N)c1ccnc(N2CCN(c3nccs3)CC2)c1. The molecule has 0 spiro atoms. The van der Waals surface area contributed by atoms with Gasteiger partial charge in [-0.05, 0) is 24.6 Å². The predicted octanol–water partition coefficient (Wildman–Crippen LogP) is 1.88. The van der Waals surface area contributed by atoms with Crippen molar-refractivity contribution in [2.24, 2.45) is 5.73 Å². The Bertz CT molecular complexity index is 546. The number of piperazine rings is 1. The Kier molecular flexibility index (Phi) is 3.84. The molecule has 0 aliphatic carbocycles. The van der Waals surface area contributed by atoms with Crippen LogP contribution < -0.4 is 15.5 Å². The van der Waals surface area contributed by atoms with Crippen molar-refractivity contribution in [3.05, 3.63) is 35.5 Å². The summed E-state index contributed by atoms with van der Waals surface area (Å²) in [7, 11) is 0. The van der Waals surface area contributed by atoms with Gasteiger partial charge in [0.1, 0.15) is 5.82 Å². The second-order valence-electron chi connectivity index (χ2n) is 5.02. The van der Waals surface area contributed by atoms with Crippen LogP contribution in [0.15, 0.2) is 29.9 Å². The summed E-state index contributed by atoms with van der Waals surface area (Å²) >= 11 is 1.70. The topological polar surface area (TPSA) is 58.3 Å². The largest absolute Gasteiger partial charge is 0.353 e. The summed E-state index contributed by atoms with van der Waals surface area (Å²) in [6, 6.07) is 4.14. The number of nitrogens with two attached hydrogens (primary N) is 1. The van der Waals surface area contributed by atoms with E-state index in [1.807, 2.05) is 30.8 Å². The first-order valence-corrected chi connectivity index (χ1v) is 7.73. The lowest BCUT2D eigenvalue weighted by atomic mass is 10.1. The molecule has 3 heterocycles. The van der Waals surface area contributed by atoms with E-state index in [4.69, 9.17) is 5.73 Å². The van der Waals surface area contributed by atoms with Crippen molar-refractivity contribution in [2.75, 3.05) is 36.0 Å². The van der Waals surface area contributed by atoms with E-state index in [1.54, 1.807) is 11.3 Å². The molecule has 0 amide bonds. The molecule has 2 N–H and O–H groups in total. The molecule has 1 atom stereocenters. The second kappa shape index (κ2) is 5.76. The van der Waals surface area contributed by atoms with E-state index in [2.05, 4.69) is 25.8 Å². The van der Waals surface area contributed by atoms with Crippen LogP contribution in [-0.2, 0) is 0 Å². The fourth-order valence-electron chi connectivity index (χ4n) is 2.39. The summed E-state index contributed by atoms with van der Waals surface area (Å²) in [4.78, 5) is 13.5. The molecule has 0 bridgehead atoms. The first-order valence-electron chi connectivity index (χ1n) is 6.85. The standard InChI is InChI=1S/C14H19N5S/c1-11(15)12-2-3-16-13(10-12)18-5-7-19(8-6-18)14-17-4-9-20-14/h2-4,9-11H,5-8,15H2,1H3/t11-/m1/s1. The molecule has 1 aliphatic rings. The number of nitrogens with zero attached hydrogens (tertiary/aromatic N) is 4. The average molecular weight is 289 g/mol. The Morgan fingerprint density at radius 2 is 1.90 bits per heavy atom. The number of aromatic nitrogens is 2. The Morgan fingerprint density at radius 3 is 2.55 bits per heavy atom. The minimum absolute atomic E-state index is 0.0494. The molecule has 2 aromatic rings. The molecular weight excluding hydrogens is 270 g/mol. The minimum Gasteiger partial charge on any atom is -0.353 e. The third kappa shape index (κ3) is 2.76. The Balaban J connectivity index is 1.67. The van der Waals surface area contributed by atoms with E-state index < -0.39 is 0 Å². The van der Waals surface area contributed by atoms with E-state index in [0.29, 0.717) is 0 Å². The van der Waals surface area contributed by atoms with Gasteiger partial charge in [0, 0.05) is 50.0 Å². The lowest BCUT2D eigenvalue weighted by Gasteiger charge is -2.35. The molecule has 6 heteroatoms. The van der Waals surface area contributed by atoms with Gasteiger partial charge in [0.25, 0.3) is 0 Å². The van der Waals surface area contributed by atoms with E-state index in [-0.39, 0.29) is 6.04 Å². The van der Waals surface area contributed by atoms with Gasteiger partial charge < -0.3 is 15.5 Å². The van der Waals surface area contributed by atoms with Gasteiger partial charge in [0.05, 0.1) is 0 Å². The van der Waals surface area contributed by atoms with Crippen molar-refractivity contribution in [3.8, 4) is 0 Å². The molecule has 0 aromatic carbocycles. The monoisotopic (exact) mass is 289 g/mol. The van der Waals surface area contributed by atoms with Crippen molar-refractivity contribution >= 4 is 22.3 Å².